The fourth-order valence-corrected chi connectivity index (χ4v) is 11.2. The molecule has 16 nitrogen and oxygen atoms in total. The van der Waals surface area contributed by atoms with E-state index in [0.29, 0.717) is 95.3 Å². The summed E-state index contributed by atoms with van der Waals surface area (Å²) in [6, 6.07) is 30.0. The second kappa shape index (κ2) is 23.5. The molecule has 2 fully saturated rings. The number of benzene rings is 4. The van der Waals surface area contributed by atoms with E-state index in [1.807, 2.05) is 44.2 Å². The largest absolute Gasteiger partial charge is 0.508 e. The van der Waals surface area contributed by atoms with Crippen LogP contribution in [0, 0.1) is 36.5 Å². The first-order valence-corrected chi connectivity index (χ1v) is 27.1. The van der Waals surface area contributed by atoms with Crippen LogP contribution >= 0.6 is 11.6 Å². The lowest BCUT2D eigenvalue weighted by Crippen LogP contribution is -2.40. The van der Waals surface area contributed by atoms with Gasteiger partial charge in [-0.2, -0.15) is 10.5 Å². The van der Waals surface area contributed by atoms with Gasteiger partial charge in [-0.05, 0) is 99.5 Å². The van der Waals surface area contributed by atoms with Gasteiger partial charge in [0.05, 0.1) is 63.4 Å². The molecule has 19 heteroatoms. The number of aryl methyl sites for hydroxylation is 2. The molecule has 0 unspecified atom stereocenters. The SMILES string of the molecule is C.Cc1cc2cc(O)ccc2[nH]1.Cc1cc2cc(Oc3ccnc4cc(OCCCN5CCS(=O)(=O)CC5)c(C#N)cc34)ccc2[nH]1.N#Cc1cc2c(Cl)ccnc2cc1OCCCN1CCS(=O)(=O)CC1. The standard InChI is InChI=1S/C26H26N4O4S.C17H18ClN3O3S.C9H9NO.CH4/c1-18-13-19-14-21(3-4-23(19)29-18)34-25-5-6-28-24-16-26(20(17-27)15-22(24)25)33-10-2-7-30-8-11-35(31,32)12-9-30;18-15-2-3-20-16-11-17(13(12-19)10-14(15)16)24-7-1-4-21-5-8-25(22,23)9-6-21;1-6-4-7-5-8(11)2-3-9(7)10-6;/h3-6,13-16,29H,2,7-12H2,1H3;2-3,10-11H,1,4-9H2;2-5,10-11H,1H3;1H4. The highest BCUT2D eigenvalue weighted by molar-refractivity contribution is 7.91. The van der Waals surface area contributed by atoms with Crippen LogP contribution in [0.5, 0.6) is 28.7 Å². The van der Waals surface area contributed by atoms with Gasteiger partial charge in [0.25, 0.3) is 0 Å². The number of phenols is 1. The molecule has 0 spiro atoms. The summed E-state index contributed by atoms with van der Waals surface area (Å²) in [5, 5.41) is 32.3. The number of rotatable bonds is 12. The Bertz CT molecular complexity index is 3500. The average Bonchev–Trinajstić information content (AvgIpc) is 3.92. The van der Waals surface area contributed by atoms with Gasteiger partial charge in [-0.1, -0.05) is 19.0 Å². The Morgan fingerprint density at radius 2 is 1.12 bits per heavy atom. The monoisotopic (exact) mass is 1030 g/mol. The Hall–Kier alpha value is -6.93. The first kappa shape index (κ1) is 52.9. The van der Waals surface area contributed by atoms with E-state index in [2.05, 4.69) is 47.9 Å². The van der Waals surface area contributed by atoms with Gasteiger partial charge in [0, 0.05) is 108 Å². The van der Waals surface area contributed by atoms with Crippen molar-refractivity contribution in [2.45, 2.75) is 34.1 Å². The summed E-state index contributed by atoms with van der Waals surface area (Å²) in [5.41, 5.74) is 6.52. The van der Waals surface area contributed by atoms with E-state index in [-0.39, 0.29) is 30.4 Å². The summed E-state index contributed by atoms with van der Waals surface area (Å²) in [6.07, 6.45) is 4.79. The van der Waals surface area contributed by atoms with Crippen LogP contribution in [-0.4, -0.2) is 127 Å². The third-order valence-electron chi connectivity index (χ3n) is 12.2. The average molecular weight is 1030 g/mol. The van der Waals surface area contributed by atoms with E-state index in [9.17, 15) is 27.4 Å². The van der Waals surface area contributed by atoms with E-state index in [0.717, 1.165) is 69.9 Å². The summed E-state index contributed by atoms with van der Waals surface area (Å²) in [7, 11) is -5.73. The molecule has 0 aliphatic carbocycles. The van der Waals surface area contributed by atoms with Gasteiger partial charge >= 0.3 is 0 Å². The minimum absolute atomic E-state index is 0. The van der Waals surface area contributed by atoms with Gasteiger partial charge in [-0.3, -0.25) is 9.97 Å². The lowest BCUT2D eigenvalue weighted by atomic mass is 10.1. The number of halogens is 1. The second-order valence-electron chi connectivity index (χ2n) is 17.5. The lowest BCUT2D eigenvalue weighted by molar-refractivity contribution is 0.245. The smallest absolute Gasteiger partial charge is 0.152 e. The summed E-state index contributed by atoms with van der Waals surface area (Å²) >= 11 is 6.13. The van der Waals surface area contributed by atoms with Gasteiger partial charge in [0.1, 0.15) is 40.9 Å². The minimum Gasteiger partial charge on any atom is -0.508 e. The quantitative estimate of drug-likeness (QED) is 0.0970. The number of aromatic hydroxyl groups is 1. The van der Waals surface area contributed by atoms with Gasteiger partial charge < -0.3 is 39.1 Å². The maximum atomic E-state index is 11.6. The Balaban J connectivity index is 0.000000178. The number of H-pyrrole nitrogens is 2. The van der Waals surface area contributed by atoms with Crippen LogP contribution in [0.2, 0.25) is 5.02 Å². The lowest BCUT2D eigenvalue weighted by Gasteiger charge is -2.26. The predicted octanol–water partition coefficient (Wildman–Crippen LogP) is 9.27. The zero-order valence-corrected chi connectivity index (χ0v) is 41.7. The van der Waals surface area contributed by atoms with Crippen molar-refractivity contribution in [2.24, 2.45) is 0 Å². The number of pyridine rings is 2. The number of aromatic amines is 2. The molecule has 376 valence electrons. The molecular formula is C53H57ClN8O8S2. The van der Waals surface area contributed by atoms with Crippen LogP contribution in [-0.2, 0) is 19.7 Å². The summed E-state index contributed by atoms with van der Waals surface area (Å²) < 4.78 is 63.8. The highest BCUT2D eigenvalue weighted by atomic mass is 35.5. The predicted molar refractivity (Wildman–Crippen MR) is 283 cm³/mol. The number of sulfone groups is 2. The zero-order valence-electron chi connectivity index (χ0n) is 39.3. The number of nitrogens with zero attached hydrogens (tertiary/aromatic N) is 6. The molecule has 3 N–H and O–H groups in total. The van der Waals surface area contributed by atoms with Gasteiger partial charge in [0.15, 0.2) is 19.7 Å². The van der Waals surface area contributed by atoms with Crippen molar-refractivity contribution in [3.05, 3.63) is 125 Å². The third kappa shape index (κ3) is 13.7. The second-order valence-corrected chi connectivity index (χ2v) is 22.5. The molecule has 4 aromatic carbocycles. The Kier molecular flexibility index (Phi) is 17.3. The molecule has 10 rings (SSSR count). The number of hydrogen-bond donors (Lipinski definition) is 3. The van der Waals surface area contributed by atoms with Crippen LogP contribution in [0.1, 0.15) is 42.8 Å². The van der Waals surface area contributed by atoms with Crippen molar-refractivity contribution in [1.82, 2.24) is 29.7 Å². The maximum Gasteiger partial charge on any atom is 0.152 e. The number of ether oxygens (including phenoxy) is 3. The van der Waals surface area contributed by atoms with Crippen molar-refractivity contribution in [3.8, 4) is 40.9 Å². The van der Waals surface area contributed by atoms with Crippen LogP contribution < -0.4 is 14.2 Å². The Morgan fingerprint density at radius 1 is 0.639 bits per heavy atom. The van der Waals surface area contributed by atoms with Gasteiger partial charge in [-0.15, -0.1) is 0 Å². The third-order valence-corrected chi connectivity index (χ3v) is 15.7. The van der Waals surface area contributed by atoms with Crippen molar-refractivity contribution in [2.75, 3.05) is 75.5 Å². The molecule has 72 heavy (non-hydrogen) atoms. The van der Waals surface area contributed by atoms with Gasteiger partial charge in [-0.25, -0.2) is 16.8 Å². The van der Waals surface area contributed by atoms with Crippen molar-refractivity contribution in [1.29, 1.82) is 10.5 Å². The molecule has 0 bridgehead atoms. The van der Waals surface area contributed by atoms with E-state index >= 15 is 0 Å². The molecule has 8 aromatic rings. The fraction of sp³-hybridized carbons (Fsp3) is 0.321. The highest BCUT2D eigenvalue weighted by Crippen LogP contribution is 2.35. The van der Waals surface area contributed by atoms with Crippen LogP contribution in [0.4, 0.5) is 0 Å². The molecule has 4 aromatic heterocycles. The van der Waals surface area contributed by atoms with E-state index in [1.54, 1.807) is 60.9 Å². The van der Waals surface area contributed by atoms with Crippen LogP contribution in [0.15, 0.2) is 97.3 Å². The Labute approximate surface area is 424 Å². The maximum absolute atomic E-state index is 11.6. The molecule has 0 amide bonds. The molecule has 2 saturated heterocycles. The molecule has 0 saturated carbocycles. The number of fused-ring (bicyclic) bond motifs is 4. The van der Waals surface area contributed by atoms with E-state index in [4.69, 9.17) is 30.9 Å². The Morgan fingerprint density at radius 3 is 1.67 bits per heavy atom. The van der Waals surface area contributed by atoms with Crippen LogP contribution in [0.3, 0.4) is 0 Å². The van der Waals surface area contributed by atoms with Crippen molar-refractivity contribution in [3.63, 3.8) is 0 Å². The normalized spacial score (nSPS) is 15.3. The minimum atomic E-state index is -2.88. The summed E-state index contributed by atoms with van der Waals surface area (Å²) in [4.78, 5) is 19.4. The summed E-state index contributed by atoms with van der Waals surface area (Å²) in [5.74, 6) is 3.49. The van der Waals surface area contributed by atoms with Crippen LogP contribution in [0.25, 0.3) is 43.6 Å². The van der Waals surface area contributed by atoms with E-state index in [1.165, 1.54) is 0 Å². The fourth-order valence-electron chi connectivity index (χ4n) is 8.39. The molecule has 0 atom stereocenters. The molecule has 6 heterocycles. The van der Waals surface area contributed by atoms with Gasteiger partial charge in [0.2, 0.25) is 0 Å². The first-order valence-electron chi connectivity index (χ1n) is 23.1. The first-order chi connectivity index (χ1) is 34.1. The van der Waals surface area contributed by atoms with Crippen molar-refractivity contribution >= 4 is 74.9 Å². The number of aromatic nitrogens is 4. The number of nitriles is 2. The van der Waals surface area contributed by atoms with Crippen molar-refractivity contribution < 1.29 is 36.2 Å². The molecule has 2 aliphatic heterocycles. The summed E-state index contributed by atoms with van der Waals surface area (Å²) in [6.45, 7) is 8.68. The topological polar surface area (TPSA) is 228 Å². The molecule has 0 radical (unpaired) electrons. The molecular weight excluding hydrogens is 976 g/mol. The zero-order chi connectivity index (χ0) is 50.1. The highest BCUT2D eigenvalue weighted by Gasteiger charge is 2.22. The number of phenolic OH excluding ortho intramolecular Hbond substituents is 1. The van der Waals surface area contributed by atoms with E-state index < -0.39 is 19.7 Å². The number of hydrogen-bond acceptors (Lipinski definition) is 14. The number of nitrogens with one attached hydrogen (secondary N) is 2. The molecule has 2 aliphatic rings.